The Morgan fingerprint density at radius 2 is 1.75 bits per heavy atom. The van der Waals surface area contributed by atoms with Crippen LogP contribution in [0, 0.1) is 0 Å². The summed E-state index contributed by atoms with van der Waals surface area (Å²) in [6, 6.07) is 12.7. The molecule has 2 aromatic rings. The fourth-order valence-corrected chi connectivity index (χ4v) is 3.72. The fourth-order valence-electron chi connectivity index (χ4n) is 3.72. The average molecular weight is 441 g/mol. The van der Waals surface area contributed by atoms with Gasteiger partial charge in [-0.3, -0.25) is 9.59 Å². The molecule has 1 aliphatic heterocycles. The highest BCUT2D eigenvalue weighted by atomic mass is 16.7. The Balaban J connectivity index is 1.75. The van der Waals surface area contributed by atoms with E-state index in [1.807, 2.05) is 63.2 Å². The van der Waals surface area contributed by atoms with Gasteiger partial charge in [0.15, 0.2) is 11.5 Å². The lowest BCUT2D eigenvalue weighted by molar-refractivity contribution is -0.141. The van der Waals surface area contributed by atoms with Gasteiger partial charge in [0.2, 0.25) is 18.6 Å². The van der Waals surface area contributed by atoms with E-state index in [-0.39, 0.29) is 24.6 Å². The van der Waals surface area contributed by atoms with Gasteiger partial charge in [-0.1, -0.05) is 25.1 Å². The zero-order valence-electron chi connectivity index (χ0n) is 19.2. The number of nitrogens with zero attached hydrogens (tertiary/aromatic N) is 1. The van der Waals surface area contributed by atoms with Crippen LogP contribution in [0.1, 0.15) is 44.7 Å². The Kier molecular flexibility index (Phi) is 7.98. The Hall–Kier alpha value is -3.22. The first-order valence-corrected chi connectivity index (χ1v) is 11.0. The standard InChI is InChI=1S/C25H32N2O5/c1-5-21(25(29)26-17(2)3)27(15-19-6-10-20(30-4)11-7-19)24(28)13-9-18-8-12-22-23(14-18)32-16-31-22/h6-8,10-12,14,17,21H,5,9,13,15-16H2,1-4H3,(H,26,29)/t21-/m0/s1. The summed E-state index contributed by atoms with van der Waals surface area (Å²) in [6.07, 6.45) is 1.38. The second-order valence-corrected chi connectivity index (χ2v) is 8.14. The van der Waals surface area contributed by atoms with Crippen LogP contribution in [0.3, 0.4) is 0 Å². The molecule has 1 N–H and O–H groups in total. The van der Waals surface area contributed by atoms with Crippen LogP contribution in [0.5, 0.6) is 17.2 Å². The molecule has 0 fully saturated rings. The Labute approximate surface area is 189 Å². The van der Waals surface area contributed by atoms with Gasteiger partial charge in [0.05, 0.1) is 7.11 Å². The molecule has 0 saturated heterocycles. The summed E-state index contributed by atoms with van der Waals surface area (Å²) in [7, 11) is 1.62. The maximum absolute atomic E-state index is 13.3. The molecule has 2 aromatic carbocycles. The maximum atomic E-state index is 13.3. The van der Waals surface area contributed by atoms with Crippen molar-refractivity contribution in [3.05, 3.63) is 53.6 Å². The molecule has 3 rings (SSSR count). The second kappa shape index (κ2) is 10.9. The minimum Gasteiger partial charge on any atom is -0.497 e. The number of nitrogens with one attached hydrogen (secondary N) is 1. The molecule has 1 atom stereocenters. The lowest BCUT2D eigenvalue weighted by Crippen LogP contribution is -2.50. The van der Waals surface area contributed by atoms with Crippen LogP contribution >= 0.6 is 0 Å². The molecule has 1 heterocycles. The summed E-state index contributed by atoms with van der Waals surface area (Å²) in [6.45, 7) is 6.33. The van der Waals surface area contributed by atoms with Crippen LogP contribution in [-0.4, -0.2) is 42.7 Å². The van der Waals surface area contributed by atoms with E-state index in [0.717, 1.165) is 22.6 Å². The van der Waals surface area contributed by atoms with E-state index in [9.17, 15) is 9.59 Å². The Bertz CT molecular complexity index is 926. The minimum absolute atomic E-state index is 0.00289. The van der Waals surface area contributed by atoms with E-state index in [2.05, 4.69) is 5.32 Å². The van der Waals surface area contributed by atoms with Crippen LogP contribution in [0.25, 0.3) is 0 Å². The lowest BCUT2D eigenvalue weighted by atomic mass is 10.1. The van der Waals surface area contributed by atoms with Gasteiger partial charge in [-0.15, -0.1) is 0 Å². The molecule has 0 spiro atoms. The van der Waals surface area contributed by atoms with Crippen LogP contribution in [-0.2, 0) is 22.6 Å². The first-order chi connectivity index (χ1) is 15.4. The SMILES string of the molecule is CC[C@@H](C(=O)NC(C)C)N(Cc1ccc(OC)cc1)C(=O)CCc1ccc2c(c1)OCO2. The molecule has 0 aromatic heterocycles. The molecule has 0 bridgehead atoms. The number of methoxy groups -OCH3 is 1. The third-order valence-electron chi connectivity index (χ3n) is 5.39. The highest BCUT2D eigenvalue weighted by molar-refractivity contribution is 5.87. The third kappa shape index (κ3) is 5.93. The van der Waals surface area contributed by atoms with Gasteiger partial charge in [0, 0.05) is 19.0 Å². The fraction of sp³-hybridized carbons (Fsp3) is 0.440. The predicted octanol–water partition coefficient (Wildman–Crippen LogP) is 3.69. The predicted molar refractivity (Wildman–Crippen MR) is 122 cm³/mol. The summed E-state index contributed by atoms with van der Waals surface area (Å²) in [5.41, 5.74) is 1.93. The molecular weight excluding hydrogens is 408 g/mol. The second-order valence-electron chi connectivity index (χ2n) is 8.14. The molecule has 7 heteroatoms. The largest absolute Gasteiger partial charge is 0.497 e. The van der Waals surface area contributed by atoms with Gasteiger partial charge in [-0.2, -0.15) is 0 Å². The highest BCUT2D eigenvalue weighted by Gasteiger charge is 2.29. The maximum Gasteiger partial charge on any atom is 0.243 e. The van der Waals surface area contributed by atoms with E-state index < -0.39 is 6.04 Å². The van der Waals surface area contributed by atoms with Gasteiger partial charge in [0.25, 0.3) is 0 Å². The van der Waals surface area contributed by atoms with E-state index in [1.165, 1.54) is 0 Å². The van der Waals surface area contributed by atoms with Crippen molar-refractivity contribution in [1.29, 1.82) is 0 Å². The molecule has 32 heavy (non-hydrogen) atoms. The Morgan fingerprint density at radius 3 is 2.41 bits per heavy atom. The number of benzene rings is 2. The van der Waals surface area contributed by atoms with Crippen LogP contribution in [0.2, 0.25) is 0 Å². The zero-order valence-corrected chi connectivity index (χ0v) is 19.2. The van der Waals surface area contributed by atoms with Crippen LogP contribution in [0.4, 0.5) is 0 Å². The summed E-state index contributed by atoms with van der Waals surface area (Å²) in [4.78, 5) is 27.9. The minimum atomic E-state index is -0.538. The summed E-state index contributed by atoms with van der Waals surface area (Å²) < 4.78 is 16.0. The molecule has 1 aliphatic rings. The average Bonchev–Trinajstić information content (AvgIpc) is 3.25. The number of ether oxygens (including phenoxy) is 3. The van der Waals surface area contributed by atoms with Crippen molar-refractivity contribution in [2.24, 2.45) is 0 Å². The van der Waals surface area contributed by atoms with Crippen molar-refractivity contribution < 1.29 is 23.8 Å². The number of hydrogen-bond acceptors (Lipinski definition) is 5. The van der Waals surface area contributed by atoms with Gasteiger partial charge in [0.1, 0.15) is 11.8 Å². The summed E-state index contributed by atoms with van der Waals surface area (Å²) >= 11 is 0. The van der Waals surface area contributed by atoms with Crippen molar-refractivity contribution in [3.8, 4) is 17.2 Å². The number of amides is 2. The quantitative estimate of drug-likeness (QED) is 0.610. The smallest absolute Gasteiger partial charge is 0.243 e. The van der Waals surface area contributed by atoms with E-state index in [0.29, 0.717) is 31.6 Å². The first-order valence-electron chi connectivity index (χ1n) is 11.0. The van der Waals surface area contributed by atoms with E-state index in [1.54, 1.807) is 12.0 Å². The number of aryl methyl sites for hydroxylation is 1. The summed E-state index contributed by atoms with van der Waals surface area (Å²) in [5, 5.41) is 2.95. The van der Waals surface area contributed by atoms with Crippen molar-refractivity contribution in [2.75, 3.05) is 13.9 Å². The van der Waals surface area contributed by atoms with Gasteiger partial charge >= 0.3 is 0 Å². The number of hydrogen-bond donors (Lipinski definition) is 1. The summed E-state index contributed by atoms with van der Waals surface area (Å²) in [5.74, 6) is 1.97. The van der Waals surface area contributed by atoms with Crippen molar-refractivity contribution in [3.63, 3.8) is 0 Å². The molecule has 7 nitrogen and oxygen atoms in total. The number of carbonyl (C=O) groups is 2. The van der Waals surface area contributed by atoms with Gasteiger partial charge in [-0.05, 0) is 62.1 Å². The zero-order chi connectivity index (χ0) is 23.1. The number of rotatable bonds is 10. The van der Waals surface area contributed by atoms with Crippen molar-refractivity contribution >= 4 is 11.8 Å². The molecular formula is C25H32N2O5. The topological polar surface area (TPSA) is 77.1 Å². The molecule has 2 amide bonds. The third-order valence-corrected chi connectivity index (χ3v) is 5.39. The van der Waals surface area contributed by atoms with Crippen molar-refractivity contribution in [1.82, 2.24) is 10.2 Å². The van der Waals surface area contributed by atoms with E-state index >= 15 is 0 Å². The lowest BCUT2D eigenvalue weighted by Gasteiger charge is -2.31. The molecule has 0 radical (unpaired) electrons. The van der Waals surface area contributed by atoms with Gasteiger partial charge < -0.3 is 24.4 Å². The first kappa shape index (κ1) is 23.4. The molecule has 172 valence electrons. The van der Waals surface area contributed by atoms with Gasteiger partial charge in [-0.25, -0.2) is 0 Å². The molecule has 0 aliphatic carbocycles. The Morgan fingerprint density at radius 1 is 1.06 bits per heavy atom. The monoisotopic (exact) mass is 440 g/mol. The van der Waals surface area contributed by atoms with E-state index in [4.69, 9.17) is 14.2 Å². The normalized spacial score (nSPS) is 13.0. The number of fused-ring (bicyclic) bond motifs is 1. The van der Waals surface area contributed by atoms with Crippen molar-refractivity contribution in [2.45, 2.75) is 58.7 Å². The molecule has 0 unspecified atom stereocenters. The number of carbonyl (C=O) groups excluding carboxylic acids is 2. The molecule has 0 saturated carbocycles. The van der Waals surface area contributed by atoms with Crippen LogP contribution in [0.15, 0.2) is 42.5 Å². The van der Waals surface area contributed by atoms with Crippen LogP contribution < -0.4 is 19.5 Å². The highest BCUT2D eigenvalue weighted by Crippen LogP contribution is 2.32.